The van der Waals surface area contributed by atoms with Crippen LogP contribution in [0.1, 0.15) is 24.9 Å². The van der Waals surface area contributed by atoms with Gasteiger partial charge in [0.25, 0.3) is 0 Å². The third-order valence-corrected chi connectivity index (χ3v) is 4.39. The predicted octanol–water partition coefficient (Wildman–Crippen LogP) is 2.90. The van der Waals surface area contributed by atoms with Crippen LogP contribution < -0.4 is 10.1 Å². The monoisotopic (exact) mass is 294 g/mol. The number of carbonyl (C=O) groups is 1. The van der Waals surface area contributed by atoms with E-state index in [4.69, 9.17) is 4.74 Å². The molecule has 0 spiro atoms. The second-order valence-electron chi connectivity index (χ2n) is 4.70. The number of likely N-dealkylation sites (tertiary alicyclic amines) is 1. The van der Waals surface area contributed by atoms with Gasteiger partial charge in [-0.3, -0.25) is 0 Å². The number of methoxy groups -OCH3 is 1. The van der Waals surface area contributed by atoms with Gasteiger partial charge in [-0.1, -0.05) is 19.1 Å². The zero-order valence-electron chi connectivity index (χ0n) is 12.1. The fourth-order valence-electron chi connectivity index (χ4n) is 2.30. The fraction of sp³-hybridized carbons (Fsp3) is 0.533. The Morgan fingerprint density at radius 2 is 2.40 bits per heavy atom. The van der Waals surface area contributed by atoms with Crippen molar-refractivity contribution < 1.29 is 9.53 Å². The predicted molar refractivity (Wildman–Crippen MR) is 83.5 cm³/mol. The van der Waals surface area contributed by atoms with E-state index in [-0.39, 0.29) is 12.1 Å². The highest BCUT2D eigenvalue weighted by Crippen LogP contribution is 2.34. The van der Waals surface area contributed by atoms with Gasteiger partial charge in [-0.05, 0) is 29.9 Å². The number of ether oxygens (including phenoxy) is 1. The lowest BCUT2D eigenvalue weighted by Gasteiger charge is -2.41. The Kier molecular flexibility index (Phi) is 5.59. The van der Waals surface area contributed by atoms with E-state index in [0.29, 0.717) is 0 Å². The molecule has 0 radical (unpaired) electrons. The molecule has 1 aromatic carbocycles. The molecule has 1 aliphatic rings. The molecule has 2 amide bonds. The average molecular weight is 294 g/mol. The van der Waals surface area contributed by atoms with Crippen molar-refractivity contribution in [2.75, 3.05) is 31.7 Å². The second-order valence-corrected chi connectivity index (χ2v) is 6.10. The summed E-state index contributed by atoms with van der Waals surface area (Å²) >= 11 is 1.84. The van der Waals surface area contributed by atoms with Crippen LogP contribution in [0.25, 0.3) is 0 Å². The van der Waals surface area contributed by atoms with Gasteiger partial charge in [0.1, 0.15) is 5.75 Å². The van der Waals surface area contributed by atoms with E-state index < -0.39 is 0 Å². The van der Waals surface area contributed by atoms with E-state index >= 15 is 0 Å². The summed E-state index contributed by atoms with van der Waals surface area (Å²) in [4.78, 5) is 14.0. The van der Waals surface area contributed by atoms with Crippen LogP contribution in [0, 0.1) is 0 Å². The highest BCUT2D eigenvalue weighted by molar-refractivity contribution is 7.99. The molecule has 0 aromatic heterocycles. The lowest BCUT2D eigenvalue weighted by Crippen LogP contribution is -2.50. The van der Waals surface area contributed by atoms with Gasteiger partial charge in [0.15, 0.2) is 0 Å². The first-order valence-corrected chi connectivity index (χ1v) is 8.18. The Hall–Kier alpha value is -1.36. The maximum Gasteiger partial charge on any atom is 0.317 e. The molecule has 0 aliphatic carbocycles. The molecule has 4 nitrogen and oxygen atoms in total. The zero-order valence-corrected chi connectivity index (χ0v) is 12.9. The van der Waals surface area contributed by atoms with E-state index in [9.17, 15) is 4.79 Å². The van der Waals surface area contributed by atoms with Gasteiger partial charge in [0.05, 0.1) is 13.2 Å². The molecule has 0 saturated carbocycles. The number of carbonyl (C=O) groups excluding carboxylic acids is 1. The molecule has 1 aromatic rings. The van der Waals surface area contributed by atoms with E-state index in [1.165, 1.54) is 0 Å². The second kappa shape index (κ2) is 7.43. The molecule has 1 N–H and O–H groups in total. The van der Waals surface area contributed by atoms with E-state index in [1.807, 2.05) is 34.9 Å². The summed E-state index contributed by atoms with van der Waals surface area (Å²) in [7, 11) is 1.66. The van der Waals surface area contributed by atoms with E-state index in [2.05, 4.69) is 18.3 Å². The van der Waals surface area contributed by atoms with Crippen LogP contribution in [-0.4, -0.2) is 42.6 Å². The molecule has 20 heavy (non-hydrogen) atoms. The van der Waals surface area contributed by atoms with E-state index in [1.54, 1.807) is 7.11 Å². The average Bonchev–Trinajstić information content (AvgIpc) is 2.43. The van der Waals surface area contributed by atoms with Crippen LogP contribution in [0.3, 0.4) is 0 Å². The minimum Gasteiger partial charge on any atom is -0.497 e. The Labute approximate surface area is 124 Å². The Morgan fingerprint density at radius 3 is 3.05 bits per heavy atom. The SMILES string of the molecule is CCSCCNC(=O)N1CC[C@H]1c1cccc(OC)c1. The fourth-order valence-corrected chi connectivity index (χ4v) is 2.84. The van der Waals surface area contributed by atoms with Gasteiger partial charge in [-0.15, -0.1) is 0 Å². The van der Waals surface area contributed by atoms with Gasteiger partial charge < -0.3 is 15.0 Å². The zero-order chi connectivity index (χ0) is 14.4. The third-order valence-electron chi connectivity index (χ3n) is 3.49. The summed E-state index contributed by atoms with van der Waals surface area (Å²) < 4.78 is 5.24. The summed E-state index contributed by atoms with van der Waals surface area (Å²) in [6.45, 7) is 3.69. The smallest absolute Gasteiger partial charge is 0.317 e. The molecule has 1 saturated heterocycles. The van der Waals surface area contributed by atoms with Crippen LogP contribution in [0.15, 0.2) is 24.3 Å². The molecule has 5 heteroatoms. The number of rotatable bonds is 6. The van der Waals surface area contributed by atoms with Crippen molar-refractivity contribution in [2.45, 2.75) is 19.4 Å². The molecule has 0 unspecified atom stereocenters. The molecule has 2 rings (SSSR count). The maximum atomic E-state index is 12.1. The lowest BCUT2D eigenvalue weighted by atomic mass is 9.95. The molecule has 110 valence electrons. The van der Waals surface area contributed by atoms with Crippen LogP contribution in [0.5, 0.6) is 5.75 Å². The third kappa shape index (κ3) is 3.60. The number of hydrogen-bond acceptors (Lipinski definition) is 3. The van der Waals surface area contributed by atoms with Crippen molar-refractivity contribution in [3.8, 4) is 5.75 Å². The van der Waals surface area contributed by atoms with Crippen molar-refractivity contribution in [1.82, 2.24) is 10.2 Å². The normalized spacial score (nSPS) is 17.5. The van der Waals surface area contributed by atoms with Crippen LogP contribution >= 0.6 is 11.8 Å². The number of nitrogens with one attached hydrogen (secondary N) is 1. The van der Waals surface area contributed by atoms with Gasteiger partial charge >= 0.3 is 6.03 Å². The van der Waals surface area contributed by atoms with Crippen molar-refractivity contribution in [3.63, 3.8) is 0 Å². The van der Waals surface area contributed by atoms with Gasteiger partial charge in [-0.25, -0.2) is 4.79 Å². The molecule has 0 bridgehead atoms. The molecule has 1 heterocycles. The topological polar surface area (TPSA) is 41.6 Å². The Bertz CT molecular complexity index is 453. The molecular formula is C15H22N2O2S. The first-order chi connectivity index (χ1) is 9.76. The summed E-state index contributed by atoms with van der Waals surface area (Å²) in [5, 5.41) is 2.98. The van der Waals surface area contributed by atoms with Gasteiger partial charge in [0, 0.05) is 18.8 Å². The number of benzene rings is 1. The quantitative estimate of drug-likeness (QED) is 0.820. The van der Waals surface area contributed by atoms with Crippen LogP contribution in [0.2, 0.25) is 0 Å². The molecule has 1 aliphatic heterocycles. The summed E-state index contributed by atoms with van der Waals surface area (Å²) in [6.07, 6.45) is 1.02. The van der Waals surface area contributed by atoms with Crippen molar-refractivity contribution >= 4 is 17.8 Å². The molecule has 1 fully saturated rings. The Balaban J connectivity index is 1.88. The number of urea groups is 1. The van der Waals surface area contributed by atoms with Gasteiger partial charge in [-0.2, -0.15) is 11.8 Å². The standard InChI is InChI=1S/C15H22N2O2S/c1-3-20-10-8-16-15(18)17-9-7-14(17)12-5-4-6-13(11-12)19-2/h4-6,11,14H,3,7-10H2,1-2H3,(H,16,18)/t14-/m0/s1. The maximum absolute atomic E-state index is 12.1. The summed E-state index contributed by atoms with van der Waals surface area (Å²) in [6, 6.07) is 8.19. The minimum atomic E-state index is 0.0424. The molecule has 1 atom stereocenters. The minimum absolute atomic E-state index is 0.0424. The van der Waals surface area contributed by atoms with Crippen molar-refractivity contribution in [1.29, 1.82) is 0 Å². The highest BCUT2D eigenvalue weighted by atomic mass is 32.2. The first kappa shape index (κ1) is 15.0. The van der Waals surface area contributed by atoms with Crippen LogP contribution in [0.4, 0.5) is 4.79 Å². The number of hydrogen-bond donors (Lipinski definition) is 1. The number of nitrogens with zero attached hydrogens (tertiary/aromatic N) is 1. The largest absolute Gasteiger partial charge is 0.497 e. The molecular weight excluding hydrogens is 272 g/mol. The van der Waals surface area contributed by atoms with Crippen LogP contribution in [-0.2, 0) is 0 Å². The van der Waals surface area contributed by atoms with E-state index in [0.717, 1.165) is 42.3 Å². The lowest BCUT2D eigenvalue weighted by molar-refractivity contribution is 0.115. The number of thioether (sulfide) groups is 1. The number of amides is 2. The summed E-state index contributed by atoms with van der Waals surface area (Å²) in [5.41, 5.74) is 1.15. The van der Waals surface area contributed by atoms with Crippen molar-refractivity contribution in [3.05, 3.63) is 29.8 Å². The Morgan fingerprint density at radius 1 is 1.55 bits per heavy atom. The first-order valence-electron chi connectivity index (χ1n) is 7.02. The highest BCUT2D eigenvalue weighted by Gasteiger charge is 2.33. The summed E-state index contributed by atoms with van der Waals surface area (Å²) in [5.74, 6) is 2.90. The van der Waals surface area contributed by atoms with Gasteiger partial charge in [0.2, 0.25) is 0 Å². The van der Waals surface area contributed by atoms with Crippen molar-refractivity contribution in [2.24, 2.45) is 0 Å².